The van der Waals surface area contributed by atoms with Crippen LogP contribution in [0.3, 0.4) is 0 Å². The van der Waals surface area contributed by atoms with E-state index in [9.17, 15) is 8.42 Å². The Bertz CT molecular complexity index is 714. The molecule has 0 heterocycles. The van der Waals surface area contributed by atoms with Crippen LogP contribution >= 0.6 is 0 Å². The lowest BCUT2D eigenvalue weighted by Crippen LogP contribution is -2.30. The second kappa shape index (κ2) is 10.1. The molecule has 2 rings (SSSR count). The lowest BCUT2D eigenvalue weighted by Gasteiger charge is -2.23. The predicted octanol–water partition coefficient (Wildman–Crippen LogP) is 2.73. The number of hydrogen-bond acceptors (Lipinski definition) is 4. The number of benzene rings is 2. The SMILES string of the molecule is CN(CCN(C)Cc1ccccc1S(C)=O)Cc1ccccc1S(C)=O. The molecule has 0 aromatic heterocycles. The van der Waals surface area contributed by atoms with E-state index >= 15 is 0 Å². The highest BCUT2D eigenvalue weighted by Gasteiger charge is 2.11. The van der Waals surface area contributed by atoms with Crippen LogP contribution in [0.25, 0.3) is 0 Å². The Morgan fingerprint density at radius 2 is 1.04 bits per heavy atom. The normalized spacial score (nSPS) is 13.9. The van der Waals surface area contributed by atoms with Crippen molar-refractivity contribution in [2.45, 2.75) is 22.9 Å². The Labute approximate surface area is 162 Å². The minimum atomic E-state index is -0.969. The highest BCUT2D eigenvalue weighted by atomic mass is 32.2. The van der Waals surface area contributed by atoms with Gasteiger partial charge in [-0.1, -0.05) is 36.4 Å². The van der Waals surface area contributed by atoms with E-state index in [0.717, 1.165) is 47.1 Å². The molecule has 6 heteroatoms. The van der Waals surface area contributed by atoms with E-state index < -0.39 is 21.6 Å². The molecule has 0 aliphatic heterocycles. The fourth-order valence-corrected chi connectivity index (χ4v) is 4.45. The maximum Gasteiger partial charge on any atom is 0.0501 e. The molecule has 2 unspecified atom stereocenters. The molecule has 0 saturated carbocycles. The van der Waals surface area contributed by atoms with Gasteiger partial charge in [-0.15, -0.1) is 0 Å². The smallest absolute Gasteiger partial charge is 0.0501 e. The summed E-state index contributed by atoms with van der Waals surface area (Å²) < 4.78 is 23.7. The van der Waals surface area contributed by atoms with Gasteiger partial charge in [0.05, 0.1) is 21.6 Å². The third-order valence-electron chi connectivity index (χ3n) is 4.31. The van der Waals surface area contributed by atoms with Gasteiger partial charge in [0.25, 0.3) is 0 Å². The lowest BCUT2D eigenvalue weighted by atomic mass is 10.2. The van der Waals surface area contributed by atoms with E-state index in [-0.39, 0.29) is 0 Å². The van der Waals surface area contributed by atoms with Crippen LogP contribution in [0, 0.1) is 0 Å². The van der Waals surface area contributed by atoms with Gasteiger partial charge in [0, 0.05) is 48.5 Å². The molecule has 2 atom stereocenters. The van der Waals surface area contributed by atoms with E-state index in [2.05, 4.69) is 23.9 Å². The molecular weight excluding hydrogens is 364 g/mol. The molecule has 142 valence electrons. The first-order valence-electron chi connectivity index (χ1n) is 8.58. The molecule has 0 fully saturated rings. The molecular formula is C20H28N2O2S2. The Balaban J connectivity index is 1.91. The van der Waals surface area contributed by atoms with Gasteiger partial charge < -0.3 is 9.80 Å². The van der Waals surface area contributed by atoms with Crippen LogP contribution < -0.4 is 0 Å². The van der Waals surface area contributed by atoms with Gasteiger partial charge in [-0.2, -0.15) is 0 Å². The molecule has 0 amide bonds. The Morgan fingerprint density at radius 1 is 0.692 bits per heavy atom. The molecule has 0 N–H and O–H groups in total. The molecule has 0 bridgehead atoms. The van der Waals surface area contributed by atoms with E-state index in [1.807, 2.05) is 48.5 Å². The Hall–Kier alpha value is -1.34. The summed E-state index contributed by atoms with van der Waals surface area (Å²) >= 11 is 0. The Kier molecular flexibility index (Phi) is 8.15. The minimum absolute atomic E-state index is 0.777. The molecule has 0 spiro atoms. The zero-order chi connectivity index (χ0) is 19.1. The van der Waals surface area contributed by atoms with Crippen molar-refractivity contribution in [2.75, 3.05) is 39.7 Å². The third-order valence-corrected chi connectivity index (χ3v) is 6.34. The number of nitrogens with zero attached hydrogens (tertiary/aromatic N) is 2. The van der Waals surface area contributed by atoms with Gasteiger partial charge in [-0.05, 0) is 37.4 Å². The quantitative estimate of drug-likeness (QED) is 0.658. The summed E-state index contributed by atoms with van der Waals surface area (Å²) in [5, 5.41) is 0. The molecule has 0 saturated heterocycles. The zero-order valence-corrected chi connectivity index (χ0v) is 17.6. The zero-order valence-electron chi connectivity index (χ0n) is 16.0. The van der Waals surface area contributed by atoms with Crippen molar-refractivity contribution in [3.05, 3.63) is 59.7 Å². The van der Waals surface area contributed by atoms with Crippen molar-refractivity contribution in [3.8, 4) is 0 Å². The van der Waals surface area contributed by atoms with E-state index in [1.165, 1.54) is 0 Å². The van der Waals surface area contributed by atoms with Crippen LogP contribution in [0.4, 0.5) is 0 Å². The maximum atomic E-state index is 11.9. The molecule has 26 heavy (non-hydrogen) atoms. The van der Waals surface area contributed by atoms with Crippen LogP contribution in [0.1, 0.15) is 11.1 Å². The van der Waals surface area contributed by atoms with Gasteiger partial charge in [0.1, 0.15) is 0 Å². The van der Waals surface area contributed by atoms with Crippen LogP contribution in [0.5, 0.6) is 0 Å². The monoisotopic (exact) mass is 392 g/mol. The van der Waals surface area contributed by atoms with Crippen molar-refractivity contribution >= 4 is 21.6 Å². The van der Waals surface area contributed by atoms with Gasteiger partial charge in [-0.3, -0.25) is 8.42 Å². The van der Waals surface area contributed by atoms with Crippen LogP contribution in [0.2, 0.25) is 0 Å². The minimum Gasteiger partial charge on any atom is -0.301 e. The molecule has 0 aliphatic rings. The average Bonchev–Trinajstić information content (AvgIpc) is 2.60. The number of hydrogen-bond donors (Lipinski definition) is 0. The predicted molar refractivity (Wildman–Crippen MR) is 110 cm³/mol. The largest absolute Gasteiger partial charge is 0.301 e. The summed E-state index contributed by atoms with van der Waals surface area (Å²) in [6.45, 7) is 3.36. The lowest BCUT2D eigenvalue weighted by molar-refractivity contribution is 0.245. The molecule has 4 nitrogen and oxygen atoms in total. The van der Waals surface area contributed by atoms with Crippen LogP contribution in [0.15, 0.2) is 58.3 Å². The summed E-state index contributed by atoms with van der Waals surface area (Å²) in [7, 11) is 2.22. The molecule has 2 aromatic rings. The highest BCUT2D eigenvalue weighted by Crippen LogP contribution is 2.16. The molecule has 0 radical (unpaired) electrons. The summed E-state index contributed by atoms with van der Waals surface area (Å²) in [5.74, 6) is 0. The summed E-state index contributed by atoms with van der Waals surface area (Å²) in [6.07, 6.45) is 3.45. The third kappa shape index (κ3) is 6.13. The standard InChI is InChI=1S/C20H28N2O2S2/c1-21(15-17-9-5-7-11-19(17)25(3)23)13-14-22(2)16-18-10-6-8-12-20(18)26(4)24/h5-12H,13-16H2,1-4H3. The van der Waals surface area contributed by atoms with E-state index in [0.29, 0.717) is 0 Å². The topological polar surface area (TPSA) is 40.6 Å². The van der Waals surface area contributed by atoms with Gasteiger partial charge in [0.2, 0.25) is 0 Å². The van der Waals surface area contributed by atoms with Crippen molar-refractivity contribution in [2.24, 2.45) is 0 Å². The van der Waals surface area contributed by atoms with Crippen molar-refractivity contribution < 1.29 is 8.42 Å². The van der Waals surface area contributed by atoms with Gasteiger partial charge in [-0.25, -0.2) is 0 Å². The first kappa shape index (κ1) is 21.0. The number of rotatable bonds is 9. The van der Waals surface area contributed by atoms with Crippen molar-refractivity contribution in [1.29, 1.82) is 0 Å². The van der Waals surface area contributed by atoms with Crippen molar-refractivity contribution in [1.82, 2.24) is 9.80 Å². The van der Waals surface area contributed by atoms with Crippen molar-refractivity contribution in [3.63, 3.8) is 0 Å². The van der Waals surface area contributed by atoms with Gasteiger partial charge in [0.15, 0.2) is 0 Å². The summed E-state index contributed by atoms with van der Waals surface area (Å²) in [6, 6.07) is 15.8. The van der Waals surface area contributed by atoms with E-state index in [1.54, 1.807) is 12.5 Å². The highest BCUT2D eigenvalue weighted by molar-refractivity contribution is 7.84. The second-order valence-electron chi connectivity index (χ2n) is 6.60. The fraction of sp³-hybridized carbons (Fsp3) is 0.400. The molecule has 2 aromatic carbocycles. The second-order valence-corrected chi connectivity index (χ2v) is 9.30. The maximum absolute atomic E-state index is 11.9. The summed E-state index contributed by atoms with van der Waals surface area (Å²) in [4.78, 5) is 6.30. The van der Waals surface area contributed by atoms with Gasteiger partial charge >= 0.3 is 0 Å². The van der Waals surface area contributed by atoms with Crippen LogP contribution in [-0.4, -0.2) is 57.9 Å². The first-order valence-corrected chi connectivity index (χ1v) is 11.7. The van der Waals surface area contributed by atoms with Crippen LogP contribution in [-0.2, 0) is 34.7 Å². The average molecular weight is 393 g/mol. The molecule has 0 aliphatic carbocycles. The summed E-state index contributed by atoms with van der Waals surface area (Å²) in [5.41, 5.74) is 2.23. The fourth-order valence-electron chi connectivity index (χ4n) is 2.91. The number of likely N-dealkylation sites (N-methyl/N-ethyl adjacent to an activating group) is 2. The first-order chi connectivity index (χ1) is 12.4. The van der Waals surface area contributed by atoms with E-state index in [4.69, 9.17) is 0 Å². The Morgan fingerprint density at radius 3 is 1.38 bits per heavy atom.